The zero-order valence-corrected chi connectivity index (χ0v) is 15.2. The highest BCUT2D eigenvalue weighted by Crippen LogP contribution is 2.53. The zero-order valence-electron chi connectivity index (χ0n) is 14.4. The summed E-state index contributed by atoms with van der Waals surface area (Å²) in [5.74, 6) is -0.501. The van der Waals surface area contributed by atoms with Crippen LogP contribution < -0.4 is 4.90 Å². The van der Waals surface area contributed by atoms with Crippen molar-refractivity contribution in [3.63, 3.8) is 0 Å². The van der Waals surface area contributed by atoms with Gasteiger partial charge < -0.3 is 0 Å². The predicted octanol–water partition coefficient (Wildman–Crippen LogP) is 2.18. The third-order valence-electron chi connectivity index (χ3n) is 5.31. The molecule has 0 N–H and O–H groups in total. The molecule has 1 saturated heterocycles. The molecule has 0 bridgehead atoms. The Morgan fingerprint density at radius 3 is 2.42 bits per heavy atom. The molecule has 2 aromatic rings. The molecule has 0 spiro atoms. The van der Waals surface area contributed by atoms with Gasteiger partial charge in [-0.3, -0.25) is 14.5 Å². The first-order valence-corrected chi connectivity index (χ1v) is 9.72. The normalized spacial score (nSPS) is 24.5. The minimum atomic E-state index is -4.07. The summed E-state index contributed by atoms with van der Waals surface area (Å²) in [5.41, 5.74) is 1.61. The van der Waals surface area contributed by atoms with E-state index in [1.165, 1.54) is 17.0 Å². The predicted molar refractivity (Wildman–Crippen MR) is 96.0 cm³/mol. The van der Waals surface area contributed by atoms with Gasteiger partial charge in [-0.2, -0.15) is 0 Å². The van der Waals surface area contributed by atoms with Crippen molar-refractivity contribution in [1.82, 2.24) is 4.31 Å². The van der Waals surface area contributed by atoms with Crippen molar-refractivity contribution in [2.45, 2.75) is 36.7 Å². The number of nitrogens with zero attached hydrogens (tertiary/aromatic N) is 2. The molecule has 4 rings (SSSR count). The smallest absolute Gasteiger partial charge is 0.268 e. The number of hydrogen-bond donors (Lipinski definition) is 0. The summed E-state index contributed by atoms with van der Waals surface area (Å²) in [6.07, 6.45) is -0.258. The van der Waals surface area contributed by atoms with E-state index >= 15 is 0 Å². The Morgan fingerprint density at radius 2 is 1.77 bits per heavy atom. The molecular formula is C19H18N2O4S. The van der Waals surface area contributed by atoms with Crippen molar-refractivity contribution in [3.8, 4) is 0 Å². The third kappa shape index (κ3) is 2.07. The van der Waals surface area contributed by atoms with E-state index in [1.807, 2.05) is 26.0 Å². The number of rotatable bonds is 3. The highest BCUT2D eigenvalue weighted by Gasteiger charge is 2.61. The molecule has 0 aliphatic carbocycles. The average molecular weight is 370 g/mol. The fraction of sp³-hybridized carbons (Fsp3) is 0.263. The third-order valence-corrected chi connectivity index (χ3v) is 7.10. The van der Waals surface area contributed by atoms with E-state index in [1.54, 1.807) is 24.3 Å². The number of sulfonamides is 1. The first-order valence-electron chi connectivity index (χ1n) is 8.28. The van der Waals surface area contributed by atoms with Crippen molar-refractivity contribution >= 4 is 28.0 Å². The van der Waals surface area contributed by atoms with Gasteiger partial charge in [0, 0.05) is 17.5 Å². The van der Waals surface area contributed by atoms with Gasteiger partial charge >= 0.3 is 0 Å². The van der Waals surface area contributed by atoms with Crippen molar-refractivity contribution in [2.75, 3.05) is 4.90 Å². The van der Waals surface area contributed by atoms with E-state index in [4.69, 9.17) is 0 Å². The monoisotopic (exact) mass is 370 g/mol. The average Bonchev–Trinajstić information content (AvgIpc) is 3.01. The van der Waals surface area contributed by atoms with Crippen LogP contribution in [0.1, 0.15) is 24.5 Å². The summed E-state index contributed by atoms with van der Waals surface area (Å²) in [6.45, 7) is 3.69. The SMILES string of the molecule is Cc1ccc(S(=O)(=O)N2C(=O)C[C@@]3(C)c4ccccc4N(C=O)[C@@H]23)cc1. The fourth-order valence-corrected chi connectivity index (χ4v) is 5.69. The van der Waals surface area contributed by atoms with Gasteiger partial charge in [-0.1, -0.05) is 42.8 Å². The number of anilines is 1. The lowest BCUT2D eigenvalue weighted by molar-refractivity contribution is -0.124. The molecule has 134 valence electrons. The Hall–Kier alpha value is -2.67. The molecule has 26 heavy (non-hydrogen) atoms. The van der Waals surface area contributed by atoms with Crippen LogP contribution in [0.3, 0.4) is 0 Å². The summed E-state index contributed by atoms with van der Waals surface area (Å²) < 4.78 is 27.3. The van der Waals surface area contributed by atoms with Crippen LogP contribution in [-0.4, -0.2) is 31.2 Å². The lowest BCUT2D eigenvalue weighted by atomic mass is 9.81. The molecule has 0 radical (unpaired) electrons. The Bertz CT molecular complexity index is 1020. The molecule has 2 aliphatic heterocycles. The number of carbonyl (C=O) groups is 2. The van der Waals surface area contributed by atoms with Crippen molar-refractivity contribution in [1.29, 1.82) is 0 Å². The fourth-order valence-electron chi connectivity index (χ4n) is 4.05. The second-order valence-electron chi connectivity index (χ2n) is 7.01. The maximum Gasteiger partial charge on any atom is 0.268 e. The second kappa shape index (κ2) is 5.41. The van der Waals surface area contributed by atoms with Crippen LogP contribution >= 0.6 is 0 Å². The minimum absolute atomic E-state index is 0.0319. The molecule has 2 aromatic carbocycles. The van der Waals surface area contributed by atoms with Gasteiger partial charge in [0.2, 0.25) is 12.3 Å². The molecule has 2 aliphatic rings. The maximum absolute atomic E-state index is 13.2. The van der Waals surface area contributed by atoms with Crippen LogP contribution in [0.5, 0.6) is 0 Å². The number of carbonyl (C=O) groups excluding carboxylic acids is 2. The van der Waals surface area contributed by atoms with Crippen molar-refractivity contribution in [2.24, 2.45) is 0 Å². The highest BCUT2D eigenvalue weighted by molar-refractivity contribution is 7.89. The summed E-state index contributed by atoms with van der Waals surface area (Å²) in [4.78, 5) is 26.0. The van der Waals surface area contributed by atoms with Crippen LogP contribution in [0.25, 0.3) is 0 Å². The highest BCUT2D eigenvalue weighted by atomic mass is 32.2. The van der Waals surface area contributed by atoms with Crippen LogP contribution in [0.2, 0.25) is 0 Å². The van der Waals surface area contributed by atoms with E-state index < -0.39 is 27.5 Å². The van der Waals surface area contributed by atoms with Gasteiger partial charge in [-0.25, -0.2) is 12.7 Å². The van der Waals surface area contributed by atoms with E-state index in [2.05, 4.69) is 0 Å². The standard InChI is InChI=1S/C19H18N2O4S/c1-13-7-9-14(10-8-13)26(24,25)21-17(23)11-19(2)15-5-3-4-6-16(15)20(12-22)18(19)21/h3-10,12,18H,11H2,1-2H3/t18-,19-/m0/s1. The van der Waals surface area contributed by atoms with E-state index in [-0.39, 0.29) is 11.3 Å². The summed E-state index contributed by atoms with van der Waals surface area (Å²) in [5, 5.41) is 0. The molecule has 7 heteroatoms. The van der Waals surface area contributed by atoms with Gasteiger partial charge in [-0.15, -0.1) is 0 Å². The summed E-state index contributed by atoms with van der Waals surface area (Å²) in [6, 6.07) is 13.6. The van der Waals surface area contributed by atoms with Crippen LogP contribution in [0.15, 0.2) is 53.4 Å². The maximum atomic E-state index is 13.2. The molecule has 0 saturated carbocycles. The first-order chi connectivity index (χ1) is 12.3. The van der Waals surface area contributed by atoms with Crippen LogP contribution in [-0.2, 0) is 25.0 Å². The number of aryl methyl sites for hydroxylation is 1. The molecular weight excluding hydrogens is 352 g/mol. The molecule has 2 atom stereocenters. The Morgan fingerprint density at radius 1 is 1.12 bits per heavy atom. The van der Waals surface area contributed by atoms with E-state index in [0.29, 0.717) is 12.1 Å². The number of hydrogen-bond acceptors (Lipinski definition) is 4. The lowest BCUT2D eigenvalue weighted by Crippen LogP contribution is -2.51. The van der Waals surface area contributed by atoms with E-state index in [0.717, 1.165) is 15.4 Å². The van der Waals surface area contributed by atoms with Gasteiger partial charge in [0.25, 0.3) is 10.0 Å². The van der Waals surface area contributed by atoms with Crippen LogP contribution in [0.4, 0.5) is 5.69 Å². The van der Waals surface area contributed by atoms with Crippen LogP contribution in [0, 0.1) is 6.92 Å². The summed E-state index contributed by atoms with van der Waals surface area (Å²) >= 11 is 0. The minimum Gasteiger partial charge on any atom is -0.292 e. The molecule has 0 unspecified atom stereocenters. The Labute approximate surface area is 152 Å². The van der Waals surface area contributed by atoms with Gasteiger partial charge in [-0.05, 0) is 30.7 Å². The Balaban J connectivity index is 1.88. The lowest BCUT2D eigenvalue weighted by Gasteiger charge is -2.32. The Kier molecular flexibility index (Phi) is 3.49. The number of para-hydroxylation sites is 1. The molecule has 2 heterocycles. The largest absolute Gasteiger partial charge is 0.292 e. The zero-order chi connectivity index (χ0) is 18.7. The quantitative estimate of drug-likeness (QED) is 0.776. The van der Waals surface area contributed by atoms with Gasteiger partial charge in [0.05, 0.1) is 4.90 Å². The first kappa shape index (κ1) is 16.8. The number of amides is 2. The van der Waals surface area contributed by atoms with Crippen molar-refractivity contribution < 1.29 is 18.0 Å². The van der Waals surface area contributed by atoms with Crippen molar-refractivity contribution in [3.05, 3.63) is 59.7 Å². The number of benzene rings is 2. The topological polar surface area (TPSA) is 74.8 Å². The van der Waals surface area contributed by atoms with Gasteiger partial charge in [0.15, 0.2) is 0 Å². The molecule has 1 fully saturated rings. The second-order valence-corrected chi connectivity index (χ2v) is 8.82. The number of fused-ring (bicyclic) bond motifs is 3. The van der Waals surface area contributed by atoms with E-state index in [9.17, 15) is 18.0 Å². The summed E-state index contributed by atoms with van der Waals surface area (Å²) in [7, 11) is -4.07. The molecule has 2 amide bonds. The molecule has 6 nitrogen and oxygen atoms in total. The molecule has 0 aromatic heterocycles. The van der Waals surface area contributed by atoms with Gasteiger partial charge in [0.1, 0.15) is 6.17 Å².